The Balaban J connectivity index is 5.25. The summed E-state index contributed by atoms with van der Waals surface area (Å²) in [6.45, 7) is 14.2. The van der Waals surface area contributed by atoms with E-state index >= 15 is 0 Å². The third kappa shape index (κ3) is 72.4. The molecule has 0 saturated heterocycles. The Morgan fingerprint density at radius 1 is 0.255 bits per heavy atom. The van der Waals surface area contributed by atoms with Crippen LogP contribution in [0.4, 0.5) is 0 Å². The quantitative estimate of drug-likeness (QED) is 0.0222. The maximum atomic E-state index is 13.1. The summed E-state index contributed by atoms with van der Waals surface area (Å²) in [5, 5.41) is 10.6. The predicted octanol–water partition coefficient (Wildman–Crippen LogP) is 23.2. The summed E-state index contributed by atoms with van der Waals surface area (Å²) < 4.78 is 68.6. The van der Waals surface area contributed by atoms with Crippen molar-refractivity contribution in [2.75, 3.05) is 39.6 Å². The van der Waals surface area contributed by atoms with E-state index < -0.39 is 97.5 Å². The summed E-state index contributed by atoms with van der Waals surface area (Å²) in [7, 11) is -9.92. The van der Waals surface area contributed by atoms with Gasteiger partial charge in [0.05, 0.1) is 26.4 Å². The van der Waals surface area contributed by atoms with Gasteiger partial charge in [-0.1, -0.05) is 351 Å². The highest BCUT2D eigenvalue weighted by Crippen LogP contribution is 2.45. The van der Waals surface area contributed by atoms with Crippen molar-refractivity contribution >= 4 is 39.5 Å². The van der Waals surface area contributed by atoms with E-state index in [-0.39, 0.29) is 25.7 Å². The Kier molecular flexibility index (Phi) is 66.8. The Hall–Kier alpha value is -1.94. The summed E-state index contributed by atoms with van der Waals surface area (Å²) in [6.07, 6.45) is 54.1. The standard InChI is InChI=1S/C79H154O17P2/c1-69(2)55-47-39-31-23-17-13-11-9-10-12-14-20-27-37-45-53-61-78(83)95-74(65-89-76(81)59-51-43-35-26-19-16-15-18-24-32-40-48-56-70(3)4)67-93-97(85,86)91-63-73(80)64-92-98(87,88)94-68-75(66-90-77(82)60-52-44-36-30-29-34-42-50-58-72(7)8)96-79(84)62-54-46-38-28-22-21-25-33-41-49-57-71(5)6/h69-75,80H,9-68H2,1-8H3,(H,85,86)(H,87,88)/t73?,74-,75-/m1/s1. The SMILES string of the molecule is CC(C)CCCCCCCCCCCCCCCCCCC(=O)O[C@H](COC(=O)CCCCCCCCCCCCCCC(C)C)COP(=O)(O)OCC(O)COP(=O)(O)OC[C@@H](COC(=O)CCCCCCCCCCC(C)C)OC(=O)CCCCCCCCCCCCC(C)C. The average molecular weight is 1440 g/mol. The van der Waals surface area contributed by atoms with Crippen LogP contribution in [0.2, 0.25) is 0 Å². The zero-order valence-electron chi connectivity index (χ0n) is 64.4. The van der Waals surface area contributed by atoms with Crippen molar-refractivity contribution in [3.05, 3.63) is 0 Å². The molecule has 0 aliphatic heterocycles. The smallest absolute Gasteiger partial charge is 0.462 e. The van der Waals surface area contributed by atoms with Crippen molar-refractivity contribution < 1.29 is 80.2 Å². The van der Waals surface area contributed by atoms with Crippen molar-refractivity contribution in [2.24, 2.45) is 23.7 Å². The normalized spacial score (nSPS) is 14.1. The van der Waals surface area contributed by atoms with E-state index in [9.17, 15) is 43.2 Å². The molecule has 0 spiro atoms. The van der Waals surface area contributed by atoms with Gasteiger partial charge in [-0.05, 0) is 49.4 Å². The Labute approximate surface area is 600 Å². The number of ether oxygens (including phenoxy) is 4. The fraction of sp³-hybridized carbons (Fsp3) is 0.949. The van der Waals surface area contributed by atoms with Crippen LogP contribution in [0, 0.1) is 23.7 Å². The molecule has 0 heterocycles. The predicted molar refractivity (Wildman–Crippen MR) is 400 cm³/mol. The van der Waals surface area contributed by atoms with E-state index in [1.807, 2.05) is 0 Å². The second-order valence-corrected chi connectivity index (χ2v) is 33.3. The molecule has 0 aliphatic carbocycles. The fourth-order valence-electron chi connectivity index (χ4n) is 12.1. The van der Waals surface area contributed by atoms with Gasteiger partial charge in [-0.3, -0.25) is 37.3 Å². The number of carbonyl (C=O) groups excluding carboxylic acids is 4. The number of rotatable bonds is 76. The molecule has 582 valence electrons. The number of phosphoric acid groups is 2. The first-order valence-electron chi connectivity index (χ1n) is 40.7. The molecule has 0 saturated carbocycles. The second kappa shape index (κ2) is 68.2. The summed E-state index contributed by atoms with van der Waals surface area (Å²) in [6, 6.07) is 0. The maximum absolute atomic E-state index is 13.1. The topological polar surface area (TPSA) is 237 Å². The fourth-order valence-corrected chi connectivity index (χ4v) is 13.7. The van der Waals surface area contributed by atoms with E-state index in [0.29, 0.717) is 25.7 Å². The minimum absolute atomic E-state index is 0.105. The molecule has 0 amide bonds. The molecule has 0 aromatic carbocycles. The number of esters is 4. The lowest BCUT2D eigenvalue weighted by molar-refractivity contribution is -0.161. The molecule has 0 fully saturated rings. The van der Waals surface area contributed by atoms with Crippen molar-refractivity contribution in [3.63, 3.8) is 0 Å². The van der Waals surface area contributed by atoms with Gasteiger partial charge in [-0.25, -0.2) is 9.13 Å². The average Bonchev–Trinajstić information content (AvgIpc) is 1.48. The molecule has 3 unspecified atom stereocenters. The van der Waals surface area contributed by atoms with Crippen LogP contribution in [0.15, 0.2) is 0 Å². The lowest BCUT2D eigenvalue weighted by Gasteiger charge is -2.21. The Morgan fingerprint density at radius 2 is 0.429 bits per heavy atom. The number of unbranched alkanes of at least 4 members (excludes halogenated alkanes) is 42. The van der Waals surface area contributed by atoms with Crippen LogP contribution in [0.3, 0.4) is 0 Å². The van der Waals surface area contributed by atoms with Gasteiger partial charge in [0.1, 0.15) is 19.3 Å². The van der Waals surface area contributed by atoms with Crippen molar-refractivity contribution in [2.45, 2.75) is 420 Å². The van der Waals surface area contributed by atoms with Gasteiger partial charge in [0, 0.05) is 25.7 Å². The number of hydrogen-bond acceptors (Lipinski definition) is 15. The van der Waals surface area contributed by atoms with E-state index in [0.717, 1.165) is 114 Å². The molecule has 3 N–H and O–H groups in total. The number of phosphoric ester groups is 2. The van der Waals surface area contributed by atoms with E-state index in [1.54, 1.807) is 0 Å². The molecule has 17 nitrogen and oxygen atoms in total. The van der Waals surface area contributed by atoms with Gasteiger partial charge >= 0.3 is 39.5 Å². The van der Waals surface area contributed by atoms with E-state index in [4.69, 9.17) is 37.0 Å². The zero-order valence-corrected chi connectivity index (χ0v) is 66.2. The zero-order chi connectivity index (χ0) is 72.4. The largest absolute Gasteiger partial charge is 0.472 e. The molecule has 0 bridgehead atoms. The lowest BCUT2D eigenvalue weighted by atomic mass is 10.0. The maximum Gasteiger partial charge on any atom is 0.472 e. The monoisotopic (exact) mass is 1440 g/mol. The van der Waals surface area contributed by atoms with Crippen LogP contribution >= 0.6 is 15.6 Å². The summed E-state index contributed by atoms with van der Waals surface area (Å²) in [5.74, 6) is 0.953. The molecule has 0 aromatic rings. The van der Waals surface area contributed by atoms with Crippen molar-refractivity contribution in [3.8, 4) is 0 Å². The molecular weight excluding hydrogens is 1280 g/mol. The lowest BCUT2D eigenvalue weighted by Crippen LogP contribution is -2.30. The van der Waals surface area contributed by atoms with Gasteiger partial charge in [0.15, 0.2) is 12.2 Å². The van der Waals surface area contributed by atoms with Gasteiger partial charge in [-0.15, -0.1) is 0 Å². The molecule has 98 heavy (non-hydrogen) atoms. The molecule has 5 atom stereocenters. The highest BCUT2D eigenvalue weighted by atomic mass is 31.2. The highest BCUT2D eigenvalue weighted by molar-refractivity contribution is 7.47. The van der Waals surface area contributed by atoms with Crippen LogP contribution in [0.25, 0.3) is 0 Å². The van der Waals surface area contributed by atoms with Crippen molar-refractivity contribution in [1.29, 1.82) is 0 Å². The number of hydrogen-bond donors (Lipinski definition) is 3. The van der Waals surface area contributed by atoms with Crippen molar-refractivity contribution in [1.82, 2.24) is 0 Å². The van der Waals surface area contributed by atoms with Crippen LogP contribution < -0.4 is 0 Å². The molecule has 0 aromatic heterocycles. The second-order valence-electron chi connectivity index (χ2n) is 30.4. The highest BCUT2D eigenvalue weighted by Gasteiger charge is 2.30. The third-order valence-electron chi connectivity index (χ3n) is 18.3. The first-order valence-corrected chi connectivity index (χ1v) is 43.7. The Morgan fingerprint density at radius 3 is 0.633 bits per heavy atom. The van der Waals surface area contributed by atoms with Gasteiger partial charge in [0.2, 0.25) is 0 Å². The van der Waals surface area contributed by atoms with Crippen LogP contribution in [0.5, 0.6) is 0 Å². The van der Waals surface area contributed by atoms with Gasteiger partial charge < -0.3 is 33.8 Å². The third-order valence-corrected chi connectivity index (χ3v) is 20.2. The van der Waals surface area contributed by atoms with Crippen LogP contribution in [-0.2, 0) is 65.4 Å². The molecule has 0 radical (unpaired) electrons. The number of aliphatic hydroxyl groups excluding tert-OH is 1. The van der Waals surface area contributed by atoms with Gasteiger partial charge in [-0.2, -0.15) is 0 Å². The first-order chi connectivity index (χ1) is 47.1. The molecule has 19 heteroatoms. The van der Waals surface area contributed by atoms with E-state index in [2.05, 4.69) is 55.4 Å². The minimum Gasteiger partial charge on any atom is -0.462 e. The number of aliphatic hydroxyl groups is 1. The minimum atomic E-state index is -4.96. The molecule has 0 rings (SSSR count). The summed E-state index contributed by atoms with van der Waals surface area (Å²) in [5.41, 5.74) is 0. The molecule has 0 aliphatic rings. The Bertz CT molecular complexity index is 1920. The number of carbonyl (C=O) groups is 4. The van der Waals surface area contributed by atoms with Gasteiger partial charge in [0.25, 0.3) is 0 Å². The molecular formula is C79H154O17P2. The van der Waals surface area contributed by atoms with Crippen LogP contribution in [0.1, 0.15) is 402 Å². The van der Waals surface area contributed by atoms with E-state index in [1.165, 1.54) is 205 Å². The van der Waals surface area contributed by atoms with Crippen LogP contribution in [-0.4, -0.2) is 96.7 Å². The first kappa shape index (κ1) is 96.1. The summed E-state index contributed by atoms with van der Waals surface area (Å²) >= 11 is 0. The summed E-state index contributed by atoms with van der Waals surface area (Å²) in [4.78, 5) is 72.9.